The summed E-state index contributed by atoms with van der Waals surface area (Å²) in [4.78, 5) is 28.4. The molecule has 1 aliphatic rings. The van der Waals surface area contributed by atoms with Crippen LogP contribution in [0.5, 0.6) is 0 Å². The number of carbonyl (C=O) groups excluding carboxylic acids is 1. The summed E-state index contributed by atoms with van der Waals surface area (Å²) in [6.45, 7) is 0.180. The monoisotopic (exact) mass is 423 g/mol. The molecule has 2 aromatic rings. The Labute approximate surface area is 157 Å². The molecule has 0 atom stereocenters. The Kier molecular flexibility index (Phi) is 5.93. The molecule has 0 saturated heterocycles. The first-order valence-electron chi connectivity index (χ1n) is 8.00. The van der Waals surface area contributed by atoms with Crippen LogP contribution < -0.4 is 11.0 Å². The molecule has 0 aliphatic heterocycles. The zero-order valence-electron chi connectivity index (χ0n) is 13.5. The Bertz CT molecular complexity index is 836. The van der Waals surface area contributed by atoms with Gasteiger partial charge in [0.15, 0.2) is 0 Å². The van der Waals surface area contributed by atoms with E-state index in [4.69, 9.17) is 5.11 Å². The predicted octanol–water partition coefficient (Wildman–Crippen LogP) is 2.22. The van der Waals surface area contributed by atoms with Crippen molar-refractivity contribution in [2.24, 2.45) is 0 Å². The number of nitrogens with one attached hydrogen (secondary N) is 1. The van der Waals surface area contributed by atoms with Crippen molar-refractivity contribution in [1.29, 1.82) is 0 Å². The number of nitrogens with zero attached hydrogens (tertiary/aromatic N) is 2. The Morgan fingerprint density at radius 1 is 1.32 bits per heavy atom. The lowest BCUT2D eigenvalue weighted by Gasteiger charge is -2.13. The van der Waals surface area contributed by atoms with Gasteiger partial charge in [-0.15, -0.1) is 0 Å². The summed E-state index contributed by atoms with van der Waals surface area (Å²) in [7, 11) is 0. The fraction of sp³-hybridized carbons (Fsp3) is 0.353. The van der Waals surface area contributed by atoms with Gasteiger partial charge >= 0.3 is 5.69 Å². The Hall–Kier alpha value is -1.64. The average Bonchev–Trinajstić information content (AvgIpc) is 3.08. The highest BCUT2D eigenvalue weighted by Crippen LogP contribution is 2.29. The van der Waals surface area contributed by atoms with E-state index >= 15 is 0 Å². The van der Waals surface area contributed by atoms with Crippen molar-refractivity contribution < 1.29 is 9.90 Å². The highest BCUT2D eigenvalue weighted by Gasteiger charge is 2.22. The van der Waals surface area contributed by atoms with Gasteiger partial charge in [0, 0.05) is 21.4 Å². The molecule has 25 heavy (non-hydrogen) atoms. The number of benzene rings is 1. The van der Waals surface area contributed by atoms with E-state index in [0.717, 1.165) is 40.7 Å². The van der Waals surface area contributed by atoms with Crippen molar-refractivity contribution in [3.8, 4) is 0 Å². The molecule has 0 unspecified atom stereocenters. The fourth-order valence-electron chi connectivity index (χ4n) is 2.90. The van der Waals surface area contributed by atoms with Crippen molar-refractivity contribution in [1.82, 2.24) is 9.55 Å². The molecule has 132 valence electrons. The van der Waals surface area contributed by atoms with Crippen LogP contribution in [0.4, 0.5) is 5.69 Å². The first kappa shape index (κ1) is 18.2. The highest BCUT2D eigenvalue weighted by atomic mass is 79.9. The molecule has 1 aromatic carbocycles. The van der Waals surface area contributed by atoms with E-state index in [1.807, 2.05) is 24.3 Å². The third-order valence-electron chi connectivity index (χ3n) is 3.99. The zero-order chi connectivity index (χ0) is 17.8. The lowest BCUT2D eigenvalue weighted by atomic mass is 10.2. The molecule has 8 heteroatoms. The molecule has 1 amide bonds. The van der Waals surface area contributed by atoms with Crippen LogP contribution in [0.2, 0.25) is 0 Å². The SMILES string of the molecule is O=C(CSc1nc(=O)n(CCO)c2c1CCC2)Nc1ccc(Br)cc1. The van der Waals surface area contributed by atoms with Gasteiger partial charge in [0.25, 0.3) is 0 Å². The van der Waals surface area contributed by atoms with E-state index < -0.39 is 0 Å². The number of rotatable bonds is 6. The minimum Gasteiger partial charge on any atom is -0.395 e. The summed E-state index contributed by atoms with van der Waals surface area (Å²) in [6.07, 6.45) is 2.63. The second-order valence-electron chi connectivity index (χ2n) is 5.70. The van der Waals surface area contributed by atoms with Crippen molar-refractivity contribution in [2.45, 2.75) is 30.8 Å². The summed E-state index contributed by atoms with van der Waals surface area (Å²) in [5.74, 6) is 0.0549. The third kappa shape index (κ3) is 4.31. The van der Waals surface area contributed by atoms with Gasteiger partial charge in [0.1, 0.15) is 5.03 Å². The third-order valence-corrected chi connectivity index (χ3v) is 5.54. The molecule has 1 aromatic heterocycles. The quantitative estimate of drug-likeness (QED) is 0.549. The maximum atomic E-state index is 12.2. The normalized spacial score (nSPS) is 12.9. The smallest absolute Gasteiger partial charge is 0.348 e. The van der Waals surface area contributed by atoms with Gasteiger partial charge in [0.05, 0.1) is 18.9 Å². The minimum atomic E-state index is -0.356. The Balaban J connectivity index is 1.70. The second kappa shape index (κ2) is 8.16. The molecule has 3 rings (SSSR count). The number of thioether (sulfide) groups is 1. The first-order chi connectivity index (χ1) is 12.1. The largest absolute Gasteiger partial charge is 0.395 e. The number of aliphatic hydroxyl groups excluding tert-OH is 1. The molecular formula is C17H18BrN3O3S. The molecule has 0 bridgehead atoms. The van der Waals surface area contributed by atoms with Gasteiger partial charge in [-0.3, -0.25) is 9.36 Å². The van der Waals surface area contributed by atoms with Crippen LogP contribution in [0.25, 0.3) is 0 Å². The van der Waals surface area contributed by atoms with Gasteiger partial charge < -0.3 is 10.4 Å². The molecule has 0 fully saturated rings. The predicted molar refractivity (Wildman–Crippen MR) is 101 cm³/mol. The van der Waals surface area contributed by atoms with Gasteiger partial charge in [0.2, 0.25) is 5.91 Å². The zero-order valence-corrected chi connectivity index (χ0v) is 15.9. The number of carbonyl (C=O) groups is 1. The summed E-state index contributed by atoms with van der Waals surface area (Å²) in [5, 5.41) is 12.6. The molecule has 0 saturated carbocycles. The number of hydrogen-bond acceptors (Lipinski definition) is 5. The van der Waals surface area contributed by atoms with Crippen LogP contribution in [0.3, 0.4) is 0 Å². The van der Waals surface area contributed by atoms with Gasteiger partial charge in [-0.1, -0.05) is 27.7 Å². The van der Waals surface area contributed by atoms with Crippen molar-refractivity contribution in [3.05, 3.63) is 50.5 Å². The molecule has 0 spiro atoms. The van der Waals surface area contributed by atoms with Gasteiger partial charge in [-0.2, -0.15) is 4.98 Å². The van der Waals surface area contributed by atoms with Crippen molar-refractivity contribution in [3.63, 3.8) is 0 Å². The highest BCUT2D eigenvalue weighted by molar-refractivity contribution is 9.10. The van der Waals surface area contributed by atoms with Crippen molar-refractivity contribution in [2.75, 3.05) is 17.7 Å². The van der Waals surface area contributed by atoms with E-state index in [-0.39, 0.29) is 30.5 Å². The molecule has 0 radical (unpaired) electrons. The minimum absolute atomic E-state index is 0.0872. The summed E-state index contributed by atoms with van der Waals surface area (Å²) < 4.78 is 2.50. The van der Waals surface area contributed by atoms with E-state index in [1.54, 1.807) is 4.57 Å². The van der Waals surface area contributed by atoms with E-state index in [1.165, 1.54) is 11.8 Å². The van der Waals surface area contributed by atoms with Crippen LogP contribution in [-0.4, -0.2) is 32.9 Å². The number of halogens is 1. The molecule has 2 N–H and O–H groups in total. The number of aliphatic hydroxyl groups is 1. The van der Waals surface area contributed by atoms with Crippen LogP contribution in [-0.2, 0) is 24.2 Å². The van der Waals surface area contributed by atoms with Crippen LogP contribution >= 0.6 is 27.7 Å². The van der Waals surface area contributed by atoms with E-state index in [0.29, 0.717) is 5.03 Å². The topological polar surface area (TPSA) is 84.2 Å². The van der Waals surface area contributed by atoms with E-state index in [2.05, 4.69) is 26.2 Å². The number of anilines is 1. The number of aromatic nitrogens is 2. The maximum Gasteiger partial charge on any atom is 0.348 e. The summed E-state index contributed by atoms with van der Waals surface area (Å²) >= 11 is 4.64. The molecule has 6 nitrogen and oxygen atoms in total. The van der Waals surface area contributed by atoms with E-state index in [9.17, 15) is 9.59 Å². The Morgan fingerprint density at radius 2 is 2.08 bits per heavy atom. The molecule has 1 heterocycles. The van der Waals surface area contributed by atoms with Crippen LogP contribution in [0.15, 0.2) is 38.6 Å². The second-order valence-corrected chi connectivity index (χ2v) is 7.58. The average molecular weight is 424 g/mol. The lowest BCUT2D eigenvalue weighted by Crippen LogP contribution is -2.28. The summed E-state index contributed by atoms with van der Waals surface area (Å²) in [6, 6.07) is 7.35. The van der Waals surface area contributed by atoms with Crippen LogP contribution in [0.1, 0.15) is 17.7 Å². The number of hydrogen-bond donors (Lipinski definition) is 2. The van der Waals surface area contributed by atoms with Crippen molar-refractivity contribution >= 4 is 39.3 Å². The lowest BCUT2D eigenvalue weighted by molar-refractivity contribution is -0.113. The number of fused-ring (bicyclic) bond motifs is 1. The van der Waals surface area contributed by atoms with Crippen LogP contribution in [0, 0.1) is 0 Å². The standard InChI is InChI=1S/C17H18BrN3O3S/c18-11-4-6-12(7-5-11)19-15(23)10-25-16-13-2-1-3-14(13)21(8-9-22)17(24)20-16/h4-7,22H,1-3,8-10H2,(H,19,23). The van der Waals surface area contributed by atoms with Gasteiger partial charge in [-0.25, -0.2) is 4.79 Å². The molecular weight excluding hydrogens is 406 g/mol. The summed E-state index contributed by atoms with van der Waals surface area (Å²) in [5.41, 5.74) is 2.36. The maximum absolute atomic E-state index is 12.2. The molecule has 1 aliphatic carbocycles. The number of amides is 1. The van der Waals surface area contributed by atoms with Gasteiger partial charge in [-0.05, 0) is 43.5 Å². The first-order valence-corrected chi connectivity index (χ1v) is 9.78. The fourth-order valence-corrected chi connectivity index (χ4v) is 4.04. The Morgan fingerprint density at radius 3 is 2.80 bits per heavy atom.